The van der Waals surface area contributed by atoms with Crippen molar-refractivity contribution in [3.8, 4) is 0 Å². The lowest BCUT2D eigenvalue weighted by Gasteiger charge is -2.23. The van der Waals surface area contributed by atoms with Crippen molar-refractivity contribution in [1.82, 2.24) is 5.32 Å². The molecule has 2 atom stereocenters. The van der Waals surface area contributed by atoms with E-state index in [1.54, 1.807) is 12.1 Å². The zero-order chi connectivity index (χ0) is 12.1. The maximum absolute atomic E-state index is 13.2. The molecule has 1 aliphatic rings. The van der Waals surface area contributed by atoms with Crippen LogP contribution in [0.15, 0.2) is 24.3 Å². The molecule has 1 aliphatic heterocycles. The Balaban J connectivity index is 2.01. The van der Waals surface area contributed by atoms with Gasteiger partial charge in [0.15, 0.2) is 0 Å². The van der Waals surface area contributed by atoms with Crippen LogP contribution in [0.4, 0.5) is 4.39 Å². The van der Waals surface area contributed by atoms with Crippen molar-refractivity contribution in [1.29, 1.82) is 0 Å². The lowest BCUT2D eigenvalue weighted by atomic mass is 10.0. The zero-order valence-electron chi connectivity index (χ0n) is 10.3. The third-order valence-electron chi connectivity index (χ3n) is 3.22. The van der Waals surface area contributed by atoms with E-state index in [0.717, 1.165) is 18.5 Å². The van der Waals surface area contributed by atoms with Gasteiger partial charge in [0.25, 0.3) is 0 Å². The fourth-order valence-corrected chi connectivity index (χ4v) is 3.83. The average Bonchev–Trinajstić information content (AvgIpc) is 2.82. The first kappa shape index (κ1) is 12.9. The number of hydrogen-bond acceptors (Lipinski definition) is 2. The molecule has 3 heteroatoms. The van der Waals surface area contributed by atoms with E-state index >= 15 is 0 Å². The molecule has 1 aromatic rings. The van der Waals surface area contributed by atoms with Crippen molar-refractivity contribution in [2.24, 2.45) is 0 Å². The Morgan fingerprint density at radius 1 is 1.53 bits per heavy atom. The summed E-state index contributed by atoms with van der Waals surface area (Å²) in [5.41, 5.74) is 1.10. The van der Waals surface area contributed by atoms with Crippen LogP contribution in [0.2, 0.25) is 0 Å². The van der Waals surface area contributed by atoms with Gasteiger partial charge < -0.3 is 5.32 Å². The summed E-state index contributed by atoms with van der Waals surface area (Å²) in [6.07, 6.45) is 3.54. The average molecular weight is 253 g/mol. The summed E-state index contributed by atoms with van der Waals surface area (Å²) in [7, 11) is 0. The maximum Gasteiger partial charge on any atom is 0.123 e. The van der Waals surface area contributed by atoms with Crippen LogP contribution in [0.1, 0.15) is 25.3 Å². The third-order valence-corrected chi connectivity index (χ3v) is 4.74. The molecule has 1 fully saturated rings. The van der Waals surface area contributed by atoms with Crippen molar-refractivity contribution in [2.75, 3.05) is 12.3 Å². The van der Waals surface area contributed by atoms with Gasteiger partial charge in [-0.1, -0.05) is 19.1 Å². The van der Waals surface area contributed by atoms with E-state index in [4.69, 9.17) is 0 Å². The Morgan fingerprint density at radius 3 is 3.06 bits per heavy atom. The fraction of sp³-hybridized carbons (Fsp3) is 0.571. The summed E-state index contributed by atoms with van der Waals surface area (Å²) >= 11 is 2.06. The van der Waals surface area contributed by atoms with E-state index in [1.807, 2.05) is 6.07 Å². The van der Waals surface area contributed by atoms with Crippen LogP contribution < -0.4 is 5.32 Å². The molecule has 0 amide bonds. The van der Waals surface area contributed by atoms with Gasteiger partial charge in [-0.25, -0.2) is 4.39 Å². The van der Waals surface area contributed by atoms with E-state index in [0.29, 0.717) is 11.3 Å². The van der Waals surface area contributed by atoms with E-state index in [1.165, 1.54) is 24.7 Å². The molecular weight excluding hydrogens is 233 g/mol. The molecule has 1 nitrogen and oxygen atoms in total. The maximum atomic E-state index is 13.2. The lowest BCUT2D eigenvalue weighted by molar-refractivity contribution is 0.494. The van der Waals surface area contributed by atoms with Gasteiger partial charge in [0.2, 0.25) is 0 Å². The number of hydrogen-bond donors (Lipinski definition) is 1. The summed E-state index contributed by atoms with van der Waals surface area (Å²) in [5, 5.41) is 4.24. The molecule has 1 saturated heterocycles. The number of halogens is 1. The summed E-state index contributed by atoms with van der Waals surface area (Å²) in [6, 6.07) is 7.47. The monoisotopic (exact) mass is 253 g/mol. The molecule has 0 spiro atoms. The van der Waals surface area contributed by atoms with Crippen LogP contribution >= 0.6 is 11.8 Å². The van der Waals surface area contributed by atoms with Crippen LogP contribution in [0.25, 0.3) is 0 Å². The second kappa shape index (κ2) is 6.41. The summed E-state index contributed by atoms with van der Waals surface area (Å²) in [4.78, 5) is 0. The molecule has 0 radical (unpaired) electrons. The Labute approximate surface area is 107 Å². The minimum atomic E-state index is -0.128. The second-order valence-electron chi connectivity index (χ2n) is 4.55. The van der Waals surface area contributed by atoms with Crippen molar-refractivity contribution < 1.29 is 4.39 Å². The largest absolute Gasteiger partial charge is 0.313 e. The minimum absolute atomic E-state index is 0.128. The van der Waals surface area contributed by atoms with Gasteiger partial charge in [0.05, 0.1) is 0 Å². The van der Waals surface area contributed by atoms with Crippen molar-refractivity contribution >= 4 is 11.8 Å². The van der Waals surface area contributed by atoms with Crippen molar-refractivity contribution in [3.05, 3.63) is 35.6 Å². The molecule has 1 aromatic carbocycles. The molecule has 2 rings (SSSR count). The number of likely N-dealkylation sites (N-methyl/N-ethyl adjacent to an activating group) is 1. The van der Waals surface area contributed by atoms with E-state index in [9.17, 15) is 4.39 Å². The van der Waals surface area contributed by atoms with E-state index in [-0.39, 0.29) is 5.82 Å². The Bertz CT molecular complexity index is 350. The van der Waals surface area contributed by atoms with Gasteiger partial charge in [0.1, 0.15) is 5.82 Å². The molecule has 0 bridgehead atoms. The van der Waals surface area contributed by atoms with Gasteiger partial charge in [-0.2, -0.15) is 11.8 Å². The normalized spacial score (nSPS) is 21.6. The van der Waals surface area contributed by atoms with Crippen LogP contribution in [0, 0.1) is 5.82 Å². The van der Waals surface area contributed by atoms with Crippen molar-refractivity contribution in [2.45, 2.75) is 37.5 Å². The second-order valence-corrected chi connectivity index (χ2v) is 5.90. The third kappa shape index (κ3) is 3.71. The lowest BCUT2D eigenvalue weighted by Crippen LogP contribution is -2.38. The molecule has 94 valence electrons. The topological polar surface area (TPSA) is 12.0 Å². The molecule has 1 heterocycles. The van der Waals surface area contributed by atoms with Crippen LogP contribution in [-0.2, 0) is 6.42 Å². The van der Waals surface area contributed by atoms with Crippen LogP contribution in [0.5, 0.6) is 0 Å². The number of thioether (sulfide) groups is 1. The molecule has 2 unspecified atom stereocenters. The summed E-state index contributed by atoms with van der Waals surface area (Å²) in [5.74, 6) is 1.15. The molecule has 1 N–H and O–H groups in total. The highest BCUT2D eigenvalue weighted by Crippen LogP contribution is 2.30. The van der Waals surface area contributed by atoms with Gasteiger partial charge in [-0.15, -0.1) is 0 Å². The van der Waals surface area contributed by atoms with Gasteiger partial charge in [-0.3, -0.25) is 0 Å². The minimum Gasteiger partial charge on any atom is -0.313 e. The quantitative estimate of drug-likeness (QED) is 0.864. The Hall–Kier alpha value is -0.540. The molecule has 0 aromatic heterocycles. The first-order valence-corrected chi connectivity index (χ1v) is 7.44. The zero-order valence-corrected chi connectivity index (χ0v) is 11.1. The first-order chi connectivity index (χ1) is 8.29. The molecule has 0 aliphatic carbocycles. The van der Waals surface area contributed by atoms with Gasteiger partial charge >= 0.3 is 0 Å². The van der Waals surface area contributed by atoms with Gasteiger partial charge in [0, 0.05) is 11.3 Å². The predicted octanol–water partition coefficient (Wildman–Crippen LogP) is 3.24. The predicted molar refractivity (Wildman–Crippen MR) is 73.0 cm³/mol. The summed E-state index contributed by atoms with van der Waals surface area (Å²) < 4.78 is 13.2. The molecule has 0 saturated carbocycles. The van der Waals surface area contributed by atoms with Crippen LogP contribution in [0.3, 0.4) is 0 Å². The molecular formula is C14H20FNS. The van der Waals surface area contributed by atoms with Gasteiger partial charge in [-0.05, 0) is 49.3 Å². The smallest absolute Gasteiger partial charge is 0.123 e. The van der Waals surface area contributed by atoms with Crippen LogP contribution in [-0.4, -0.2) is 23.6 Å². The highest BCUT2D eigenvalue weighted by atomic mass is 32.2. The summed E-state index contributed by atoms with van der Waals surface area (Å²) in [6.45, 7) is 3.12. The Morgan fingerprint density at radius 2 is 2.41 bits per heavy atom. The van der Waals surface area contributed by atoms with E-state index < -0.39 is 0 Å². The SMILES string of the molecule is CCNC(Cc1cccc(F)c1)C1CCCS1. The fourth-order valence-electron chi connectivity index (χ4n) is 2.44. The standard InChI is InChI=1S/C14H20FNS/c1-2-16-13(14-7-4-8-17-14)10-11-5-3-6-12(15)9-11/h3,5-6,9,13-14,16H,2,4,7-8,10H2,1H3. The number of benzene rings is 1. The Kier molecular flexibility index (Phi) is 4.86. The van der Waals surface area contributed by atoms with E-state index in [2.05, 4.69) is 24.0 Å². The van der Waals surface area contributed by atoms with Crippen molar-refractivity contribution in [3.63, 3.8) is 0 Å². The number of nitrogens with one attached hydrogen (secondary N) is 1. The number of rotatable bonds is 5. The first-order valence-electron chi connectivity index (χ1n) is 6.39. The highest BCUT2D eigenvalue weighted by molar-refractivity contribution is 8.00. The highest BCUT2D eigenvalue weighted by Gasteiger charge is 2.25. The molecule has 17 heavy (non-hydrogen) atoms.